The van der Waals surface area contributed by atoms with Crippen LogP contribution in [0.5, 0.6) is 0 Å². The molecule has 3 unspecified atom stereocenters. The van der Waals surface area contributed by atoms with E-state index in [9.17, 15) is 9.18 Å². The van der Waals surface area contributed by atoms with Crippen molar-refractivity contribution in [2.75, 3.05) is 6.61 Å². The average Bonchev–Trinajstić information content (AvgIpc) is 2.61. The van der Waals surface area contributed by atoms with Crippen molar-refractivity contribution in [3.63, 3.8) is 0 Å². The third-order valence-corrected chi connectivity index (χ3v) is 2.30. The second kappa shape index (κ2) is 3.01. The molecule has 1 rings (SSSR count). The van der Waals surface area contributed by atoms with Crippen LogP contribution < -0.4 is 5.32 Å². The van der Waals surface area contributed by atoms with E-state index in [1.165, 1.54) is 0 Å². The van der Waals surface area contributed by atoms with Crippen molar-refractivity contribution in [3.8, 4) is 0 Å². The van der Waals surface area contributed by atoms with Crippen LogP contribution >= 0.6 is 0 Å². The zero-order valence-corrected chi connectivity index (χ0v) is 7.30. The fraction of sp³-hybridized carbons (Fsp3) is 0.875. The maximum atomic E-state index is 12.6. The molecule has 12 heavy (non-hydrogen) atoms. The molecule has 1 aliphatic rings. The topological polar surface area (TPSA) is 49.3 Å². The number of rotatable bonds is 3. The number of carbonyl (C=O) groups is 1. The van der Waals surface area contributed by atoms with Gasteiger partial charge in [-0.05, 0) is 20.3 Å². The molecule has 1 fully saturated rings. The number of amides is 1. The van der Waals surface area contributed by atoms with Crippen molar-refractivity contribution < 1.29 is 14.3 Å². The Labute approximate surface area is 71.0 Å². The van der Waals surface area contributed by atoms with Crippen LogP contribution in [0.1, 0.15) is 20.3 Å². The SMILES string of the molecule is CC(CO)NC(=O)C1(C)CC1F. The highest BCUT2D eigenvalue weighted by atomic mass is 19.1. The van der Waals surface area contributed by atoms with Gasteiger partial charge < -0.3 is 10.4 Å². The molecule has 3 nitrogen and oxygen atoms in total. The summed E-state index contributed by atoms with van der Waals surface area (Å²) in [5, 5.41) is 11.2. The summed E-state index contributed by atoms with van der Waals surface area (Å²) in [6.45, 7) is 3.16. The van der Waals surface area contributed by atoms with Crippen molar-refractivity contribution >= 4 is 5.91 Å². The lowest BCUT2D eigenvalue weighted by Crippen LogP contribution is -2.40. The molecule has 0 spiro atoms. The maximum absolute atomic E-state index is 12.6. The molecule has 0 aromatic heterocycles. The summed E-state index contributed by atoms with van der Waals surface area (Å²) in [5.74, 6) is -0.295. The van der Waals surface area contributed by atoms with Gasteiger partial charge in [0.2, 0.25) is 5.91 Å². The number of alkyl halides is 1. The van der Waals surface area contributed by atoms with E-state index < -0.39 is 11.6 Å². The Hall–Kier alpha value is -0.640. The van der Waals surface area contributed by atoms with Crippen LogP contribution in [0, 0.1) is 5.41 Å². The lowest BCUT2D eigenvalue weighted by atomic mass is 10.1. The third-order valence-electron chi connectivity index (χ3n) is 2.30. The highest BCUT2D eigenvalue weighted by Gasteiger charge is 2.57. The van der Waals surface area contributed by atoms with Crippen LogP contribution in [-0.4, -0.2) is 29.8 Å². The summed E-state index contributed by atoms with van der Waals surface area (Å²) in [7, 11) is 0. The summed E-state index contributed by atoms with van der Waals surface area (Å²) in [6.07, 6.45) is -0.708. The molecule has 0 radical (unpaired) electrons. The number of carbonyl (C=O) groups excluding carboxylic acids is 1. The van der Waals surface area contributed by atoms with E-state index in [-0.39, 0.29) is 18.6 Å². The largest absolute Gasteiger partial charge is 0.394 e. The number of hydrogen-bond donors (Lipinski definition) is 2. The Balaban J connectivity index is 2.40. The van der Waals surface area contributed by atoms with Gasteiger partial charge in [0.15, 0.2) is 0 Å². The molecule has 0 heterocycles. The standard InChI is InChI=1S/C8H14FNO2/c1-5(4-11)10-7(12)8(2)3-6(8)9/h5-6,11H,3-4H2,1-2H3,(H,10,12). The minimum absolute atomic E-state index is 0.112. The zero-order chi connectivity index (χ0) is 9.35. The van der Waals surface area contributed by atoms with Crippen molar-refractivity contribution in [2.24, 2.45) is 5.41 Å². The minimum atomic E-state index is -1.01. The number of halogens is 1. The number of nitrogens with one attached hydrogen (secondary N) is 1. The summed E-state index contributed by atoms with van der Waals surface area (Å²) < 4.78 is 12.6. The van der Waals surface area contributed by atoms with Crippen molar-refractivity contribution in [3.05, 3.63) is 0 Å². The Morgan fingerprint density at radius 3 is 2.75 bits per heavy atom. The van der Waals surface area contributed by atoms with E-state index in [2.05, 4.69) is 5.32 Å². The van der Waals surface area contributed by atoms with Gasteiger partial charge in [0, 0.05) is 6.04 Å². The first-order valence-corrected chi connectivity index (χ1v) is 4.06. The van der Waals surface area contributed by atoms with E-state index in [0.29, 0.717) is 6.42 Å². The molecule has 0 bridgehead atoms. The Bertz CT molecular complexity index is 197. The van der Waals surface area contributed by atoms with Gasteiger partial charge in [-0.2, -0.15) is 0 Å². The van der Waals surface area contributed by atoms with Crippen molar-refractivity contribution in [1.29, 1.82) is 0 Å². The highest BCUT2D eigenvalue weighted by Crippen LogP contribution is 2.48. The van der Waals surface area contributed by atoms with Crippen molar-refractivity contribution in [1.82, 2.24) is 5.32 Å². The van der Waals surface area contributed by atoms with E-state index in [0.717, 1.165) is 0 Å². The maximum Gasteiger partial charge on any atom is 0.229 e. The summed E-state index contributed by atoms with van der Waals surface area (Å²) in [6, 6.07) is -0.290. The molecular weight excluding hydrogens is 161 g/mol. The molecule has 0 aromatic carbocycles. The fourth-order valence-electron chi connectivity index (χ4n) is 0.983. The molecule has 1 aliphatic carbocycles. The third kappa shape index (κ3) is 1.58. The molecule has 1 saturated carbocycles. The first kappa shape index (κ1) is 9.45. The summed E-state index contributed by atoms with van der Waals surface area (Å²) in [4.78, 5) is 11.2. The number of hydrogen-bond acceptors (Lipinski definition) is 2. The van der Waals surface area contributed by atoms with Crippen LogP contribution in [0.4, 0.5) is 4.39 Å². The van der Waals surface area contributed by atoms with Crippen LogP contribution in [0.2, 0.25) is 0 Å². The van der Waals surface area contributed by atoms with E-state index >= 15 is 0 Å². The molecule has 0 aliphatic heterocycles. The molecule has 0 saturated heterocycles. The Morgan fingerprint density at radius 1 is 1.92 bits per heavy atom. The summed E-state index contributed by atoms with van der Waals surface area (Å²) in [5.41, 5.74) is -0.830. The van der Waals surface area contributed by atoms with Gasteiger partial charge in [-0.15, -0.1) is 0 Å². The van der Waals surface area contributed by atoms with Crippen LogP contribution in [-0.2, 0) is 4.79 Å². The second-order valence-electron chi connectivity index (χ2n) is 3.65. The monoisotopic (exact) mass is 175 g/mol. The van der Waals surface area contributed by atoms with Gasteiger partial charge >= 0.3 is 0 Å². The van der Waals surface area contributed by atoms with Gasteiger partial charge in [-0.25, -0.2) is 4.39 Å². The van der Waals surface area contributed by atoms with Crippen LogP contribution in [0.15, 0.2) is 0 Å². The molecule has 0 aromatic rings. The lowest BCUT2D eigenvalue weighted by Gasteiger charge is -2.14. The fourth-order valence-corrected chi connectivity index (χ4v) is 0.983. The highest BCUT2D eigenvalue weighted by molar-refractivity contribution is 5.86. The predicted octanol–water partition coefficient (Wildman–Crippen LogP) is 0.232. The molecule has 1 amide bonds. The van der Waals surface area contributed by atoms with Crippen LogP contribution in [0.3, 0.4) is 0 Å². The molecule has 2 N–H and O–H groups in total. The lowest BCUT2D eigenvalue weighted by molar-refractivity contribution is -0.127. The quantitative estimate of drug-likeness (QED) is 0.645. The number of aliphatic hydroxyl groups is 1. The first-order chi connectivity index (χ1) is 5.50. The Kier molecular flexibility index (Phi) is 2.37. The van der Waals surface area contributed by atoms with E-state index in [1.54, 1.807) is 13.8 Å². The Morgan fingerprint density at radius 2 is 2.42 bits per heavy atom. The smallest absolute Gasteiger partial charge is 0.229 e. The van der Waals surface area contributed by atoms with Gasteiger partial charge in [-0.3, -0.25) is 4.79 Å². The van der Waals surface area contributed by atoms with Crippen molar-refractivity contribution in [2.45, 2.75) is 32.5 Å². The second-order valence-corrected chi connectivity index (χ2v) is 3.65. The summed E-state index contributed by atoms with van der Waals surface area (Å²) >= 11 is 0. The molecule has 3 atom stereocenters. The molecular formula is C8H14FNO2. The molecule has 4 heteroatoms. The number of aliphatic hydroxyl groups excluding tert-OH is 1. The first-order valence-electron chi connectivity index (χ1n) is 4.06. The molecule has 70 valence electrons. The minimum Gasteiger partial charge on any atom is -0.394 e. The van der Waals surface area contributed by atoms with E-state index in [4.69, 9.17) is 5.11 Å². The van der Waals surface area contributed by atoms with Gasteiger partial charge in [0.1, 0.15) is 6.17 Å². The van der Waals surface area contributed by atoms with Gasteiger partial charge in [0.25, 0.3) is 0 Å². The average molecular weight is 175 g/mol. The van der Waals surface area contributed by atoms with Crippen LogP contribution in [0.25, 0.3) is 0 Å². The van der Waals surface area contributed by atoms with Gasteiger partial charge in [-0.1, -0.05) is 0 Å². The zero-order valence-electron chi connectivity index (χ0n) is 7.30. The van der Waals surface area contributed by atoms with Gasteiger partial charge in [0.05, 0.1) is 12.0 Å². The normalized spacial score (nSPS) is 35.8. The van der Waals surface area contributed by atoms with E-state index in [1.807, 2.05) is 0 Å². The predicted molar refractivity (Wildman–Crippen MR) is 42.3 cm³/mol.